The molecule has 1 heterocycles. The first-order valence-corrected chi connectivity index (χ1v) is 5.01. The molecule has 0 saturated heterocycles. The van der Waals surface area contributed by atoms with Crippen molar-refractivity contribution in [3.63, 3.8) is 0 Å². The second-order valence-electron chi connectivity index (χ2n) is 3.38. The number of nitrogens with zero attached hydrogens (tertiary/aromatic N) is 1. The number of hydrogen-bond donors (Lipinski definition) is 2. The van der Waals surface area contributed by atoms with Crippen LogP contribution in [0.5, 0.6) is 5.75 Å². The lowest BCUT2D eigenvalue weighted by Crippen LogP contribution is -2.06. The van der Waals surface area contributed by atoms with E-state index in [4.69, 9.17) is 5.11 Å². The van der Waals surface area contributed by atoms with Crippen LogP contribution in [0.3, 0.4) is 0 Å². The van der Waals surface area contributed by atoms with Crippen molar-refractivity contribution in [2.75, 3.05) is 13.7 Å². The second kappa shape index (κ2) is 6.07. The molecular formula is C11H15NO4. The Morgan fingerprint density at radius 1 is 1.56 bits per heavy atom. The van der Waals surface area contributed by atoms with Crippen LogP contribution in [0.1, 0.15) is 17.7 Å². The zero-order valence-corrected chi connectivity index (χ0v) is 9.14. The van der Waals surface area contributed by atoms with Gasteiger partial charge >= 0.3 is 5.97 Å². The van der Waals surface area contributed by atoms with Crippen LogP contribution in [0.15, 0.2) is 12.3 Å². The van der Waals surface area contributed by atoms with E-state index in [-0.39, 0.29) is 24.7 Å². The smallest absolute Gasteiger partial charge is 0.311 e. The van der Waals surface area contributed by atoms with Gasteiger partial charge in [-0.25, -0.2) is 0 Å². The summed E-state index contributed by atoms with van der Waals surface area (Å²) in [5.41, 5.74) is 1.24. The fraction of sp³-hybridized carbons (Fsp3) is 0.455. The lowest BCUT2D eigenvalue weighted by molar-refractivity contribution is -0.139. The van der Waals surface area contributed by atoms with Gasteiger partial charge in [-0.15, -0.1) is 0 Å². The van der Waals surface area contributed by atoms with E-state index in [2.05, 4.69) is 9.72 Å². The summed E-state index contributed by atoms with van der Waals surface area (Å²) in [7, 11) is 1.31. The Morgan fingerprint density at radius 2 is 2.31 bits per heavy atom. The maximum atomic E-state index is 11.0. The highest BCUT2D eigenvalue weighted by Crippen LogP contribution is 2.18. The standard InChI is InChI=1S/C11H15NO4/c1-16-11(15)6-9-5-8(3-2-4-13)10(14)7-12-9/h5,7,13-14H,2-4,6H2,1H3. The molecule has 0 saturated carbocycles. The van der Waals surface area contributed by atoms with Crippen molar-refractivity contribution in [3.8, 4) is 5.75 Å². The SMILES string of the molecule is COC(=O)Cc1cc(CCCO)c(O)cn1. The van der Waals surface area contributed by atoms with Crippen LogP contribution in [0.25, 0.3) is 0 Å². The van der Waals surface area contributed by atoms with Crippen molar-refractivity contribution >= 4 is 5.97 Å². The van der Waals surface area contributed by atoms with E-state index < -0.39 is 0 Å². The summed E-state index contributed by atoms with van der Waals surface area (Å²) in [6.07, 6.45) is 2.52. The molecule has 0 fully saturated rings. The number of aliphatic hydroxyl groups excluding tert-OH is 1. The van der Waals surface area contributed by atoms with Crippen molar-refractivity contribution in [2.24, 2.45) is 0 Å². The molecule has 88 valence electrons. The molecule has 0 atom stereocenters. The Morgan fingerprint density at radius 3 is 2.94 bits per heavy atom. The normalized spacial score (nSPS) is 10.1. The zero-order chi connectivity index (χ0) is 12.0. The molecule has 1 aromatic heterocycles. The van der Waals surface area contributed by atoms with Crippen LogP contribution in [-0.2, 0) is 22.4 Å². The van der Waals surface area contributed by atoms with Gasteiger partial charge in [0.05, 0.1) is 25.4 Å². The van der Waals surface area contributed by atoms with Crippen LogP contribution < -0.4 is 0 Å². The van der Waals surface area contributed by atoms with Gasteiger partial charge in [-0.1, -0.05) is 0 Å². The van der Waals surface area contributed by atoms with Crippen LogP contribution in [-0.4, -0.2) is 34.9 Å². The first kappa shape index (κ1) is 12.4. The number of carbonyl (C=O) groups excluding carboxylic acids is 1. The molecule has 0 amide bonds. The highest BCUT2D eigenvalue weighted by molar-refractivity contribution is 5.71. The molecule has 5 nitrogen and oxygen atoms in total. The number of aromatic hydroxyl groups is 1. The molecule has 0 radical (unpaired) electrons. The van der Waals surface area contributed by atoms with Crippen molar-refractivity contribution in [2.45, 2.75) is 19.3 Å². The van der Waals surface area contributed by atoms with E-state index in [1.807, 2.05) is 0 Å². The molecule has 1 aromatic rings. The van der Waals surface area contributed by atoms with E-state index in [1.165, 1.54) is 13.3 Å². The minimum absolute atomic E-state index is 0.0636. The number of hydrogen-bond acceptors (Lipinski definition) is 5. The molecule has 0 unspecified atom stereocenters. The molecule has 0 aliphatic rings. The summed E-state index contributed by atoms with van der Waals surface area (Å²) >= 11 is 0. The van der Waals surface area contributed by atoms with Gasteiger partial charge in [0.25, 0.3) is 0 Å². The first-order valence-electron chi connectivity index (χ1n) is 5.01. The fourth-order valence-electron chi connectivity index (χ4n) is 1.33. The van der Waals surface area contributed by atoms with Gasteiger partial charge in [-0.3, -0.25) is 9.78 Å². The third-order valence-corrected chi connectivity index (χ3v) is 2.18. The predicted molar refractivity (Wildman–Crippen MR) is 57.0 cm³/mol. The molecule has 0 aliphatic heterocycles. The van der Waals surface area contributed by atoms with Crippen molar-refractivity contribution < 1.29 is 19.7 Å². The Labute approximate surface area is 93.7 Å². The lowest BCUT2D eigenvalue weighted by Gasteiger charge is -2.05. The third-order valence-electron chi connectivity index (χ3n) is 2.18. The molecular weight excluding hydrogens is 210 g/mol. The number of aliphatic hydroxyl groups is 1. The summed E-state index contributed by atoms with van der Waals surface area (Å²) in [5, 5.41) is 18.2. The molecule has 16 heavy (non-hydrogen) atoms. The van der Waals surface area contributed by atoms with E-state index >= 15 is 0 Å². The zero-order valence-electron chi connectivity index (χ0n) is 9.14. The van der Waals surface area contributed by atoms with E-state index in [1.54, 1.807) is 6.07 Å². The number of pyridine rings is 1. The number of ether oxygens (including phenoxy) is 1. The van der Waals surface area contributed by atoms with Crippen LogP contribution in [0.4, 0.5) is 0 Å². The van der Waals surface area contributed by atoms with Gasteiger partial charge in [0.15, 0.2) is 0 Å². The van der Waals surface area contributed by atoms with Gasteiger partial charge in [0, 0.05) is 6.61 Å². The Bertz CT molecular complexity index is 365. The highest BCUT2D eigenvalue weighted by atomic mass is 16.5. The fourth-order valence-corrected chi connectivity index (χ4v) is 1.33. The van der Waals surface area contributed by atoms with Crippen LogP contribution in [0, 0.1) is 0 Å². The maximum absolute atomic E-state index is 11.0. The van der Waals surface area contributed by atoms with E-state index in [0.29, 0.717) is 24.1 Å². The van der Waals surface area contributed by atoms with Gasteiger partial charge in [0.2, 0.25) is 0 Å². The van der Waals surface area contributed by atoms with Gasteiger partial charge in [-0.05, 0) is 24.5 Å². The average Bonchev–Trinajstić information content (AvgIpc) is 2.29. The van der Waals surface area contributed by atoms with Gasteiger partial charge in [0.1, 0.15) is 5.75 Å². The first-order chi connectivity index (χ1) is 7.67. The minimum atomic E-state index is -0.369. The van der Waals surface area contributed by atoms with Gasteiger partial charge < -0.3 is 14.9 Å². The molecule has 1 rings (SSSR count). The molecule has 0 aliphatic carbocycles. The summed E-state index contributed by atoms with van der Waals surface area (Å²) < 4.78 is 4.52. The number of rotatable bonds is 5. The highest BCUT2D eigenvalue weighted by Gasteiger charge is 2.08. The van der Waals surface area contributed by atoms with Crippen molar-refractivity contribution in [1.82, 2.24) is 4.98 Å². The van der Waals surface area contributed by atoms with Crippen LogP contribution in [0.2, 0.25) is 0 Å². The number of aryl methyl sites for hydroxylation is 1. The number of aromatic nitrogens is 1. The van der Waals surface area contributed by atoms with E-state index in [9.17, 15) is 9.90 Å². The largest absolute Gasteiger partial charge is 0.506 e. The monoisotopic (exact) mass is 225 g/mol. The van der Waals surface area contributed by atoms with E-state index in [0.717, 1.165) is 0 Å². The second-order valence-corrected chi connectivity index (χ2v) is 3.38. The molecule has 0 aromatic carbocycles. The molecule has 0 spiro atoms. The molecule has 0 bridgehead atoms. The van der Waals surface area contributed by atoms with Crippen LogP contribution >= 0.6 is 0 Å². The Kier molecular flexibility index (Phi) is 4.72. The summed E-state index contributed by atoms with van der Waals surface area (Å²) in [6, 6.07) is 1.65. The number of methoxy groups -OCH3 is 1. The van der Waals surface area contributed by atoms with Gasteiger partial charge in [-0.2, -0.15) is 0 Å². The summed E-state index contributed by atoms with van der Waals surface area (Å²) in [6.45, 7) is 0.0636. The summed E-state index contributed by atoms with van der Waals surface area (Å²) in [4.78, 5) is 14.9. The molecule has 5 heteroatoms. The average molecular weight is 225 g/mol. The minimum Gasteiger partial charge on any atom is -0.506 e. The molecule has 2 N–H and O–H groups in total. The Balaban J connectivity index is 2.76. The number of esters is 1. The third kappa shape index (κ3) is 3.51. The predicted octanol–water partition coefficient (Wildman–Crippen LogP) is 0.428. The van der Waals surface area contributed by atoms with Crippen molar-refractivity contribution in [3.05, 3.63) is 23.5 Å². The quantitative estimate of drug-likeness (QED) is 0.710. The topological polar surface area (TPSA) is 79.7 Å². The number of carbonyl (C=O) groups is 1. The Hall–Kier alpha value is -1.62. The maximum Gasteiger partial charge on any atom is 0.311 e. The lowest BCUT2D eigenvalue weighted by atomic mass is 10.1. The van der Waals surface area contributed by atoms with Crippen molar-refractivity contribution in [1.29, 1.82) is 0 Å². The summed E-state index contributed by atoms with van der Waals surface area (Å²) in [5.74, 6) is -0.284.